The maximum atomic E-state index is 12.7. The number of rotatable bonds is 6. The van der Waals surface area contributed by atoms with Crippen molar-refractivity contribution in [2.75, 3.05) is 20.2 Å². The van der Waals surface area contributed by atoms with Crippen LogP contribution in [0.15, 0.2) is 24.3 Å². The second-order valence-electron chi connectivity index (χ2n) is 4.71. The Hall–Kier alpha value is -2.11. The number of amides is 2. The van der Waals surface area contributed by atoms with Crippen LogP contribution < -0.4 is 10.1 Å². The molecule has 0 saturated carbocycles. The van der Waals surface area contributed by atoms with Crippen LogP contribution in [0.4, 0.5) is 4.39 Å². The Morgan fingerprint density at radius 2 is 1.90 bits per heavy atom. The van der Waals surface area contributed by atoms with Crippen molar-refractivity contribution in [1.29, 1.82) is 0 Å². The second kappa shape index (κ2) is 7.47. The van der Waals surface area contributed by atoms with Gasteiger partial charge in [0.15, 0.2) is 6.61 Å². The number of carbonyl (C=O) groups is 2. The first kappa shape index (κ1) is 15.9. The Kier molecular flexibility index (Phi) is 5.96. The number of benzene rings is 1. The Bertz CT molecular complexity index is 460. The fraction of sp³-hybridized carbons (Fsp3) is 0.429. The summed E-state index contributed by atoms with van der Waals surface area (Å²) in [6.07, 6.45) is 0. The molecule has 0 atom stereocenters. The number of nitrogens with one attached hydrogen (secondary N) is 1. The van der Waals surface area contributed by atoms with Crippen molar-refractivity contribution in [2.24, 2.45) is 0 Å². The van der Waals surface area contributed by atoms with Crippen LogP contribution in [0.25, 0.3) is 0 Å². The quantitative estimate of drug-likeness (QED) is 0.852. The number of likely N-dealkylation sites (N-methyl/N-ethyl adjacent to an activating group) is 1. The molecule has 0 spiro atoms. The van der Waals surface area contributed by atoms with Gasteiger partial charge in [-0.25, -0.2) is 4.39 Å². The third-order valence-corrected chi connectivity index (χ3v) is 2.43. The van der Waals surface area contributed by atoms with Crippen molar-refractivity contribution < 1.29 is 18.7 Å². The molecule has 0 saturated heterocycles. The highest BCUT2D eigenvalue weighted by Crippen LogP contribution is 2.10. The first-order chi connectivity index (χ1) is 9.38. The molecule has 0 heterocycles. The lowest BCUT2D eigenvalue weighted by atomic mass is 10.3. The molecule has 0 aromatic heterocycles. The van der Waals surface area contributed by atoms with Gasteiger partial charge in [0.25, 0.3) is 5.91 Å². The fourth-order valence-electron chi connectivity index (χ4n) is 1.46. The maximum Gasteiger partial charge on any atom is 0.260 e. The van der Waals surface area contributed by atoms with Crippen molar-refractivity contribution in [1.82, 2.24) is 10.2 Å². The zero-order valence-corrected chi connectivity index (χ0v) is 11.9. The molecule has 1 N–H and O–H groups in total. The van der Waals surface area contributed by atoms with E-state index >= 15 is 0 Å². The maximum absolute atomic E-state index is 12.7. The summed E-state index contributed by atoms with van der Waals surface area (Å²) in [6.45, 7) is 3.47. The van der Waals surface area contributed by atoms with Crippen LogP contribution in [0, 0.1) is 5.82 Å². The van der Waals surface area contributed by atoms with Crippen LogP contribution in [-0.4, -0.2) is 43.0 Å². The van der Waals surface area contributed by atoms with Crippen LogP contribution in [0.5, 0.6) is 5.75 Å². The van der Waals surface area contributed by atoms with Gasteiger partial charge in [0.2, 0.25) is 5.91 Å². The minimum absolute atomic E-state index is 0.0240. The van der Waals surface area contributed by atoms with Gasteiger partial charge in [0, 0.05) is 13.1 Å². The van der Waals surface area contributed by atoms with Gasteiger partial charge in [0.05, 0.1) is 6.54 Å². The molecule has 0 bridgehead atoms. The summed E-state index contributed by atoms with van der Waals surface area (Å²) in [5, 5.41) is 2.69. The molecule has 1 rings (SSSR count). The van der Waals surface area contributed by atoms with Gasteiger partial charge in [-0.15, -0.1) is 0 Å². The monoisotopic (exact) mass is 282 g/mol. The first-order valence-corrected chi connectivity index (χ1v) is 6.30. The summed E-state index contributed by atoms with van der Waals surface area (Å²) in [5.74, 6) is -0.517. The van der Waals surface area contributed by atoms with Gasteiger partial charge >= 0.3 is 0 Å². The Labute approximate surface area is 117 Å². The summed E-state index contributed by atoms with van der Waals surface area (Å²) in [4.78, 5) is 24.5. The lowest BCUT2D eigenvalue weighted by molar-refractivity contribution is -0.136. The summed E-state index contributed by atoms with van der Waals surface area (Å²) in [5.41, 5.74) is 0. The number of ether oxygens (including phenoxy) is 1. The SMILES string of the molecule is CC(C)NC(=O)CN(C)C(=O)COc1ccc(F)cc1. The van der Waals surface area contributed by atoms with E-state index in [0.29, 0.717) is 5.75 Å². The van der Waals surface area contributed by atoms with E-state index in [2.05, 4.69) is 5.32 Å². The van der Waals surface area contributed by atoms with E-state index in [0.717, 1.165) is 0 Å². The van der Waals surface area contributed by atoms with E-state index in [1.807, 2.05) is 13.8 Å². The van der Waals surface area contributed by atoms with E-state index in [1.54, 1.807) is 0 Å². The number of carbonyl (C=O) groups excluding carboxylic acids is 2. The van der Waals surface area contributed by atoms with Gasteiger partial charge in [-0.1, -0.05) is 0 Å². The summed E-state index contributed by atoms with van der Waals surface area (Å²) < 4.78 is 17.9. The van der Waals surface area contributed by atoms with Crippen molar-refractivity contribution in [3.8, 4) is 5.75 Å². The molecule has 0 unspecified atom stereocenters. The molecular weight excluding hydrogens is 263 g/mol. The summed E-state index contributed by atoms with van der Waals surface area (Å²) >= 11 is 0. The predicted octanol–water partition coefficient (Wildman–Crippen LogP) is 1.19. The van der Waals surface area contributed by atoms with Gasteiger partial charge in [-0.3, -0.25) is 9.59 Å². The standard InChI is InChI=1S/C14H19FN2O3/c1-10(2)16-13(18)8-17(3)14(19)9-20-12-6-4-11(15)5-7-12/h4-7,10H,8-9H2,1-3H3,(H,16,18). The minimum atomic E-state index is -0.369. The average Bonchev–Trinajstić information content (AvgIpc) is 2.36. The molecule has 2 amide bonds. The average molecular weight is 282 g/mol. The molecule has 0 aliphatic rings. The van der Waals surface area contributed by atoms with Crippen LogP contribution in [0.1, 0.15) is 13.8 Å². The van der Waals surface area contributed by atoms with Gasteiger partial charge in [-0.2, -0.15) is 0 Å². The molecule has 0 radical (unpaired) electrons. The van der Waals surface area contributed by atoms with Crippen LogP contribution in [0.2, 0.25) is 0 Å². The normalized spacial score (nSPS) is 10.2. The third-order valence-electron chi connectivity index (χ3n) is 2.43. The second-order valence-corrected chi connectivity index (χ2v) is 4.71. The zero-order chi connectivity index (χ0) is 15.1. The Morgan fingerprint density at radius 3 is 2.45 bits per heavy atom. The molecule has 6 heteroatoms. The molecule has 0 fully saturated rings. The lowest BCUT2D eigenvalue weighted by Crippen LogP contribution is -2.42. The molecule has 0 aliphatic heterocycles. The van der Waals surface area contributed by atoms with E-state index < -0.39 is 0 Å². The van der Waals surface area contributed by atoms with Gasteiger partial charge in [-0.05, 0) is 38.1 Å². The first-order valence-electron chi connectivity index (χ1n) is 6.30. The molecule has 1 aromatic rings. The van der Waals surface area contributed by atoms with Gasteiger partial charge in [0.1, 0.15) is 11.6 Å². The molecule has 1 aromatic carbocycles. The van der Waals surface area contributed by atoms with E-state index in [4.69, 9.17) is 4.74 Å². The topological polar surface area (TPSA) is 58.6 Å². The van der Waals surface area contributed by atoms with Crippen molar-refractivity contribution in [3.05, 3.63) is 30.1 Å². The number of halogens is 1. The van der Waals surface area contributed by atoms with Crippen LogP contribution in [0.3, 0.4) is 0 Å². The predicted molar refractivity (Wildman–Crippen MR) is 72.8 cm³/mol. The smallest absolute Gasteiger partial charge is 0.260 e. The number of hydrogen-bond acceptors (Lipinski definition) is 3. The van der Waals surface area contributed by atoms with Crippen molar-refractivity contribution in [3.63, 3.8) is 0 Å². The Morgan fingerprint density at radius 1 is 1.30 bits per heavy atom. The fourth-order valence-corrected chi connectivity index (χ4v) is 1.46. The minimum Gasteiger partial charge on any atom is -0.484 e. The third kappa shape index (κ3) is 5.69. The molecule has 0 aliphatic carbocycles. The molecule has 20 heavy (non-hydrogen) atoms. The van der Waals surface area contributed by atoms with Gasteiger partial charge < -0.3 is 15.0 Å². The molecule has 5 nitrogen and oxygen atoms in total. The van der Waals surface area contributed by atoms with Crippen molar-refractivity contribution in [2.45, 2.75) is 19.9 Å². The van der Waals surface area contributed by atoms with E-state index in [9.17, 15) is 14.0 Å². The Balaban J connectivity index is 2.38. The molecular formula is C14H19FN2O3. The number of hydrogen-bond donors (Lipinski definition) is 1. The van der Waals surface area contributed by atoms with Crippen LogP contribution in [-0.2, 0) is 9.59 Å². The largest absolute Gasteiger partial charge is 0.484 e. The number of nitrogens with zero attached hydrogens (tertiary/aromatic N) is 1. The van der Waals surface area contributed by atoms with E-state index in [-0.39, 0.29) is 36.8 Å². The van der Waals surface area contributed by atoms with Crippen molar-refractivity contribution >= 4 is 11.8 Å². The summed E-state index contributed by atoms with van der Waals surface area (Å²) in [7, 11) is 1.52. The lowest BCUT2D eigenvalue weighted by Gasteiger charge is -2.18. The highest BCUT2D eigenvalue weighted by Gasteiger charge is 2.14. The summed E-state index contributed by atoms with van der Waals surface area (Å²) in [6, 6.07) is 5.41. The van der Waals surface area contributed by atoms with E-state index in [1.165, 1.54) is 36.2 Å². The highest BCUT2D eigenvalue weighted by molar-refractivity contribution is 5.85. The highest BCUT2D eigenvalue weighted by atomic mass is 19.1. The zero-order valence-electron chi connectivity index (χ0n) is 11.9. The molecule has 110 valence electrons. The van der Waals surface area contributed by atoms with Crippen LogP contribution >= 0.6 is 0 Å².